The monoisotopic (exact) mass is 431 g/mol. The van der Waals surface area contributed by atoms with Crippen molar-refractivity contribution in [3.63, 3.8) is 0 Å². The molecule has 12 heteroatoms. The van der Waals surface area contributed by atoms with Gasteiger partial charge in [-0.15, -0.1) is 10.2 Å². The molecule has 1 heterocycles. The second-order valence-electron chi connectivity index (χ2n) is 5.53. The average molecular weight is 431 g/mol. The van der Waals surface area contributed by atoms with Crippen molar-refractivity contribution in [2.24, 2.45) is 10.2 Å². The smallest absolute Gasteiger partial charge is 0.442 e. The van der Waals surface area contributed by atoms with Crippen molar-refractivity contribution in [2.75, 3.05) is 0 Å². The number of hydrogen-bond acceptors (Lipinski definition) is 7. The van der Waals surface area contributed by atoms with Gasteiger partial charge in [0.05, 0.1) is 4.92 Å². The first-order chi connectivity index (χ1) is 13.5. The van der Waals surface area contributed by atoms with Crippen molar-refractivity contribution in [1.82, 2.24) is 0 Å². The van der Waals surface area contributed by atoms with Gasteiger partial charge in [0.15, 0.2) is 0 Å². The van der Waals surface area contributed by atoms with Crippen LogP contribution in [0.3, 0.4) is 0 Å². The van der Waals surface area contributed by atoms with E-state index in [0.717, 1.165) is 33.7 Å². The van der Waals surface area contributed by atoms with E-state index < -0.39 is 39.7 Å². The maximum atomic E-state index is 13.0. The molecule has 0 amide bonds. The summed E-state index contributed by atoms with van der Waals surface area (Å²) in [5.74, 6) is -1.45. The zero-order valence-electron chi connectivity index (χ0n) is 14.6. The number of carbonyl (C=O) groups is 1. The van der Waals surface area contributed by atoms with E-state index in [9.17, 15) is 28.1 Å². The van der Waals surface area contributed by atoms with Gasteiger partial charge in [-0.1, -0.05) is 45.9 Å². The standard InChI is InChI=1S/C16H10F3N3O4S2/c17-16(18,19)15(20-21-15)10-3-1-9(2-4-10)8-27-28-11-5-6-13(22(25)26)12(7-11)14(23)24/h1-7H,8H2,(H,23,24)/i8T. The fourth-order valence-electron chi connectivity index (χ4n) is 2.27. The highest BCUT2D eigenvalue weighted by molar-refractivity contribution is 8.76. The lowest BCUT2D eigenvalue weighted by molar-refractivity contribution is -0.385. The van der Waals surface area contributed by atoms with Crippen molar-refractivity contribution >= 4 is 33.2 Å². The number of alkyl halides is 3. The van der Waals surface area contributed by atoms with Crippen LogP contribution in [0.25, 0.3) is 0 Å². The molecule has 0 saturated heterocycles. The first kappa shape index (κ1) is 18.7. The van der Waals surface area contributed by atoms with Gasteiger partial charge < -0.3 is 5.11 Å². The predicted octanol–water partition coefficient (Wildman–Crippen LogP) is 5.41. The highest BCUT2D eigenvalue weighted by atomic mass is 33.1. The van der Waals surface area contributed by atoms with Gasteiger partial charge in [-0.05, 0) is 17.7 Å². The largest absolute Gasteiger partial charge is 0.477 e. The summed E-state index contributed by atoms with van der Waals surface area (Å²) in [6.07, 6.45) is -4.63. The topological polar surface area (TPSA) is 105 Å². The lowest BCUT2D eigenvalue weighted by atomic mass is 10.0. The summed E-state index contributed by atoms with van der Waals surface area (Å²) in [5, 5.41) is 26.2. The van der Waals surface area contributed by atoms with E-state index in [1.165, 1.54) is 30.3 Å². The predicted molar refractivity (Wildman–Crippen MR) is 96.2 cm³/mol. The quantitative estimate of drug-likeness (QED) is 0.357. The number of nitro groups is 1. The molecule has 1 aliphatic rings. The van der Waals surface area contributed by atoms with E-state index in [4.69, 9.17) is 6.48 Å². The highest BCUT2D eigenvalue weighted by Gasteiger charge is 2.65. The SMILES string of the molecule is [3H]C(SSc1ccc([N+](=O)[O-])c(C(=O)O)c1)c1ccc(C2(C(F)(F)F)N=N2)cc1. The Morgan fingerprint density at radius 2 is 1.89 bits per heavy atom. The van der Waals surface area contributed by atoms with Crippen LogP contribution in [-0.2, 0) is 11.4 Å². The minimum atomic E-state index is -4.63. The van der Waals surface area contributed by atoms with Gasteiger partial charge in [-0.25, -0.2) is 4.79 Å². The van der Waals surface area contributed by atoms with Crippen LogP contribution in [0, 0.1) is 10.1 Å². The summed E-state index contributed by atoms with van der Waals surface area (Å²) in [7, 11) is 2.03. The second-order valence-corrected chi connectivity index (χ2v) is 7.67. The Hall–Kier alpha value is -2.60. The summed E-state index contributed by atoms with van der Waals surface area (Å²) in [6.45, 7) is 0. The highest BCUT2D eigenvalue weighted by Crippen LogP contribution is 2.52. The molecule has 0 aromatic heterocycles. The molecule has 146 valence electrons. The molecule has 0 saturated carbocycles. The third-order valence-electron chi connectivity index (χ3n) is 3.73. The Labute approximate surface area is 165 Å². The molecule has 0 aliphatic carbocycles. The summed E-state index contributed by atoms with van der Waals surface area (Å²) in [6, 6.07) is 8.73. The van der Waals surface area contributed by atoms with Crippen LogP contribution in [0.15, 0.2) is 57.6 Å². The van der Waals surface area contributed by atoms with Gasteiger partial charge in [-0.2, -0.15) is 13.2 Å². The minimum Gasteiger partial charge on any atom is -0.477 e. The van der Waals surface area contributed by atoms with Crippen LogP contribution >= 0.6 is 21.6 Å². The van der Waals surface area contributed by atoms with Gasteiger partial charge >= 0.3 is 17.8 Å². The first-order valence-corrected chi connectivity index (χ1v) is 9.65. The van der Waals surface area contributed by atoms with E-state index in [1.807, 2.05) is 0 Å². The van der Waals surface area contributed by atoms with E-state index >= 15 is 0 Å². The molecule has 0 spiro atoms. The van der Waals surface area contributed by atoms with Crippen molar-refractivity contribution in [3.8, 4) is 0 Å². The molecule has 1 unspecified atom stereocenters. The Balaban J connectivity index is 1.69. The van der Waals surface area contributed by atoms with Crippen molar-refractivity contribution in [3.05, 3.63) is 69.3 Å². The van der Waals surface area contributed by atoms with E-state index in [-0.39, 0.29) is 5.56 Å². The Kier molecular flexibility index (Phi) is 4.98. The number of benzene rings is 2. The number of nitrogens with zero attached hydrogens (tertiary/aromatic N) is 3. The van der Waals surface area contributed by atoms with Gasteiger partial charge in [-0.3, -0.25) is 10.1 Å². The van der Waals surface area contributed by atoms with Crippen molar-refractivity contribution < 1.29 is 29.4 Å². The molecular formula is C16H10F3N3O4S2. The molecule has 2 aromatic carbocycles. The first-order valence-electron chi connectivity index (χ1n) is 8.01. The van der Waals surface area contributed by atoms with Crippen LogP contribution in [0.4, 0.5) is 18.9 Å². The summed E-state index contributed by atoms with van der Waals surface area (Å²) in [4.78, 5) is 21.6. The molecule has 28 heavy (non-hydrogen) atoms. The fraction of sp³-hybridized carbons (Fsp3) is 0.188. The number of carboxylic acids is 1. The summed E-state index contributed by atoms with van der Waals surface area (Å²) in [5.41, 5.74) is -4.14. The zero-order valence-corrected chi connectivity index (χ0v) is 15.2. The molecule has 0 bridgehead atoms. The third-order valence-corrected chi connectivity index (χ3v) is 5.80. The zero-order chi connectivity index (χ0) is 21.4. The number of carboxylic acid groups (broad SMARTS) is 1. The summed E-state index contributed by atoms with van der Waals surface area (Å²) >= 11 is 0. The van der Waals surface area contributed by atoms with E-state index in [1.54, 1.807) is 0 Å². The molecule has 2 aromatic rings. The molecule has 1 N–H and O–H groups in total. The minimum absolute atomic E-state index is 0.139. The maximum absolute atomic E-state index is 13.0. The molecule has 1 aliphatic heterocycles. The van der Waals surface area contributed by atoms with Crippen LogP contribution in [-0.4, -0.2) is 22.2 Å². The lowest BCUT2D eigenvalue weighted by Gasteiger charge is -2.14. The van der Waals surface area contributed by atoms with Crippen LogP contribution in [0.2, 0.25) is 0 Å². The normalized spacial score (nSPS) is 16.3. The Morgan fingerprint density at radius 3 is 2.39 bits per heavy atom. The average Bonchev–Trinajstić information content (AvgIpc) is 3.48. The lowest BCUT2D eigenvalue weighted by Crippen LogP contribution is -2.30. The molecule has 0 radical (unpaired) electrons. The van der Waals surface area contributed by atoms with Gasteiger partial charge in [0.25, 0.3) is 5.69 Å². The van der Waals surface area contributed by atoms with E-state index in [0.29, 0.717) is 10.5 Å². The third kappa shape index (κ3) is 3.97. The number of aromatic carboxylic acids is 1. The van der Waals surface area contributed by atoms with Gasteiger partial charge in [0.2, 0.25) is 0 Å². The number of halogens is 3. The molecule has 7 nitrogen and oxygen atoms in total. The van der Waals surface area contributed by atoms with Crippen molar-refractivity contribution in [2.45, 2.75) is 22.5 Å². The van der Waals surface area contributed by atoms with E-state index in [2.05, 4.69) is 10.2 Å². The second kappa shape index (κ2) is 7.43. The molecule has 0 fully saturated rings. The Bertz CT molecular complexity index is 996. The van der Waals surface area contributed by atoms with Crippen LogP contribution < -0.4 is 0 Å². The number of hydrogen-bond donors (Lipinski definition) is 1. The Morgan fingerprint density at radius 1 is 1.25 bits per heavy atom. The molecule has 1 atom stereocenters. The number of nitro benzene ring substituents is 1. The molecular weight excluding hydrogens is 419 g/mol. The van der Waals surface area contributed by atoms with Crippen molar-refractivity contribution in [1.29, 1.82) is 0 Å². The fourth-order valence-corrected chi connectivity index (χ4v) is 4.11. The van der Waals surface area contributed by atoms with Gasteiger partial charge in [0, 0.05) is 23.6 Å². The molecule has 3 rings (SSSR count). The van der Waals surface area contributed by atoms with Crippen LogP contribution in [0.1, 0.15) is 22.9 Å². The maximum Gasteiger partial charge on any atom is 0.442 e. The van der Waals surface area contributed by atoms with Crippen LogP contribution in [0.5, 0.6) is 0 Å². The van der Waals surface area contributed by atoms with Gasteiger partial charge in [0.1, 0.15) is 5.56 Å². The number of rotatable bonds is 7. The summed E-state index contributed by atoms with van der Waals surface area (Å²) < 4.78 is 47.1.